The predicted molar refractivity (Wildman–Crippen MR) is 116 cm³/mol. The highest BCUT2D eigenvalue weighted by atomic mass is 35.5. The molecule has 0 radical (unpaired) electrons. The first-order chi connectivity index (χ1) is 14.2. The Morgan fingerprint density at radius 2 is 1.80 bits per heavy atom. The summed E-state index contributed by atoms with van der Waals surface area (Å²) in [7, 11) is 1.54. The number of hydrogen-bond donors (Lipinski definition) is 3. The highest BCUT2D eigenvalue weighted by Gasteiger charge is 2.34. The van der Waals surface area contributed by atoms with E-state index in [1.165, 1.54) is 48.3 Å². The van der Waals surface area contributed by atoms with E-state index in [4.69, 9.17) is 28.3 Å². The second-order valence-corrected chi connectivity index (χ2v) is 8.27. The molecule has 30 heavy (non-hydrogen) atoms. The number of anilines is 1. The van der Waals surface area contributed by atoms with Crippen LogP contribution >= 0.6 is 35.0 Å². The Hall–Kier alpha value is -2.75. The predicted octanol–water partition coefficient (Wildman–Crippen LogP) is 3.99. The van der Waals surface area contributed by atoms with Crippen molar-refractivity contribution in [1.29, 1.82) is 0 Å². The normalized spacial score (nSPS) is 17.8. The monoisotopic (exact) mass is 467 g/mol. The van der Waals surface area contributed by atoms with E-state index in [1.807, 2.05) is 0 Å². The summed E-state index contributed by atoms with van der Waals surface area (Å²) >= 11 is 12.9. The molecular formula is C19H15Cl2N3O5S. The van der Waals surface area contributed by atoms with Gasteiger partial charge in [-0.15, -0.1) is 0 Å². The van der Waals surface area contributed by atoms with E-state index in [-0.39, 0.29) is 38.9 Å². The van der Waals surface area contributed by atoms with Crippen LogP contribution in [0.25, 0.3) is 0 Å². The van der Waals surface area contributed by atoms with Gasteiger partial charge in [0.2, 0.25) is 11.8 Å². The smallest absolute Gasteiger partial charge is 0.335 e. The molecule has 1 aliphatic heterocycles. The van der Waals surface area contributed by atoms with E-state index >= 15 is 0 Å². The van der Waals surface area contributed by atoms with Crippen LogP contribution in [0, 0.1) is 0 Å². The number of halogens is 2. The Kier molecular flexibility index (Phi) is 6.55. The van der Waals surface area contributed by atoms with Crippen LogP contribution in [0.15, 0.2) is 41.4 Å². The zero-order chi connectivity index (χ0) is 22.0. The highest BCUT2D eigenvalue weighted by molar-refractivity contribution is 8.15. The van der Waals surface area contributed by atoms with Crippen molar-refractivity contribution in [3.63, 3.8) is 0 Å². The number of rotatable bonds is 4. The molecule has 0 saturated carbocycles. The summed E-state index contributed by atoms with van der Waals surface area (Å²) in [6.07, 6.45) is -0.0314. The molecular weight excluding hydrogens is 453 g/mol. The van der Waals surface area contributed by atoms with Crippen molar-refractivity contribution in [2.75, 3.05) is 12.4 Å². The number of thioether (sulfide) groups is 1. The number of aromatic hydroxyl groups is 1. The summed E-state index contributed by atoms with van der Waals surface area (Å²) in [4.78, 5) is 41.6. The van der Waals surface area contributed by atoms with Crippen LogP contribution in [0.5, 0.6) is 5.75 Å². The molecule has 11 heteroatoms. The molecule has 1 saturated heterocycles. The van der Waals surface area contributed by atoms with Gasteiger partial charge in [-0.1, -0.05) is 35.0 Å². The molecule has 0 aromatic heterocycles. The van der Waals surface area contributed by atoms with E-state index in [2.05, 4.69) is 10.3 Å². The third-order valence-electron chi connectivity index (χ3n) is 4.19. The second kappa shape index (κ2) is 8.95. The van der Waals surface area contributed by atoms with E-state index in [0.717, 1.165) is 11.8 Å². The number of phenols is 1. The summed E-state index contributed by atoms with van der Waals surface area (Å²) in [5.74, 6) is -2.06. The Morgan fingerprint density at radius 1 is 1.20 bits per heavy atom. The average molecular weight is 468 g/mol. The molecule has 2 aromatic rings. The number of hydrogen-bond acceptors (Lipinski definition) is 6. The molecule has 2 amide bonds. The fourth-order valence-corrected chi connectivity index (χ4v) is 4.08. The summed E-state index contributed by atoms with van der Waals surface area (Å²) in [6.45, 7) is 0. The quantitative estimate of drug-likeness (QED) is 0.625. The van der Waals surface area contributed by atoms with Crippen LogP contribution in [0.1, 0.15) is 16.8 Å². The lowest BCUT2D eigenvalue weighted by Gasteiger charge is -2.28. The Bertz CT molecular complexity index is 1040. The molecule has 1 atom stereocenters. The molecule has 1 fully saturated rings. The summed E-state index contributed by atoms with van der Waals surface area (Å²) < 4.78 is 0. The van der Waals surface area contributed by atoms with Gasteiger partial charge in [-0.05, 0) is 36.4 Å². The first-order valence-electron chi connectivity index (χ1n) is 8.50. The van der Waals surface area contributed by atoms with Crippen LogP contribution in [0.3, 0.4) is 0 Å². The zero-order valence-corrected chi connectivity index (χ0v) is 17.8. The van der Waals surface area contributed by atoms with Gasteiger partial charge in [-0.25, -0.2) is 9.79 Å². The molecule has 0 aliphatic carbocycles. The summed E-state index contributed by atoms with van der Waals surface area (Å²) in [5, 5.41) is 20.8. The third kappa shape index (κ3) is 4.86. The minimum atomic E-state index is -1.07. The zero-order valence-electron chi connectivity index (χ0n) is 15.4. The molecule has 8 nitrogen and oxygen atoms in total. The van der Waals surface area contributed by atoms with Gasteiger partial charge in [0.15, 0.2) is 10.9 Å². The molecule has 1 heterocycles. The number of amides is 2. The van der Waals surface area contributed by atoms with E-state index in [9.17, 15) is 19.5 Å². The SMILES string of the molecule is CN1C(=O)CC(C(=O)Nc2ccc(C(=O)O)cc2)SC1=Nc1cc(Cl)c(O)c(Cl)c1. The standard InChI is InChI=1S/C19H15Cl2N3O5S/c1-24-15(25)8-14(17(27)22-10-4-2-9(3-5-10)18(28)29)30-19(24)23-11-6-12(20)16(26)13(21)7-11/h2-7,14,26H,8H2,1H3,(H,22,27)(H,28,29). The first-order valence-corrected chi connectivity index (χ1v) is 10.1. The number of carbonyl (C=O) groups is 3. The minimum Gasteiger partial charge on any atom is -0.505 e. The Labute approximate surface area is 185 Å². The maximum absolute atomic E-state index is 12.6. The summed E-state index contributed by atoms with van der Waals surface area (Å²) in [5.41, 5.74) is 0.820. The van der Waals surface area contributed by atoms with Crippen molar-refractivity contribution < 1.29 is 24.6 Å². The number of aliphatic imine (C=N–C) groups is 1. The Balaban J connectivity index is 1.79. The fourth-order valence-electron chi connectivity index (χ4n) is 2.54. The number of aromatic carboxylic acids is 1. The second-order valence-electron chi connectivity index (χ2n) is 6.29. The minimum absolute atomic E-state index is 0.00994. The number of nitrogens with zero attached hydrogens (tertiary/aromatic N) is 2. The van der Waals surface area contributed by atoms with E-state index < -0.39 is 17.1 Å². The van der Waals surface area contributed by atoms with Crippen molar-refractivity contribution >= 4 is 69.3 Å². The summed E-state index contributed by atoms with van der Waals surface area (Å²) in [6, 6.07) is 8.47. The number of carboxylic acid groups (broad SMARTS) is 1. The van der Waals surface area contributed by atoms with Crippen molar-refractivity contribution in [3.8, 4) is 5.75 Å². The maximum atomic E-state index is 12.6. The molecule has 0 bridgehead atoms. The molecule has 2 aromatic carbocycles. The van der Waals surface area contributed by atoms with Crippen LogP contribution in [-0.4, -0.2) is 50.4 Å². The topological polar surface area (TPSA) is 119 Å². The largest absolute Gasteiger partial charge is 0.505 e. The molecule has 3 rings (SSSR count). The van der Waals surface area contributed by atoms with Gasteiger partial charge < -0.3 is 15.5 Å². The van der Waals surface area contributed by atoms with Gasteiger partial charge in [-0.3, -0.25) is 14.5 Å². The number of carboxylic acids is 1. The Morgan fingerprint density at radius 3 is 2.37 bits per heavy atom. The number of benzene rings is 2. The molecule has 0 spiro atoms. The first kappa shape index (κ1) is 21.9. The van der Waals surface area contributed by atoms with Crippen molar-refractivity contribution in [2.45, 2.75) is 11.7 Å². The maximum Gasteiger partial charge on any atom is 0.335 e. The molecule has 3 N–H and O–H groups in total. The van der Waals surface area contributed by atoms with Gasteiger partial charge >= 0.3 is 5.97 Å². The molecule has 1 aliphatic rings. The van der Waals surface area contributed by atoms with Crippen LogP contribution in [0.4, 0.5) is 11.4 Å². The van der Waals surface area contributed by atoms with Crippen molar-refractivity contribution in [2.24, 2.45) is 4.99 Å². The lowest BCUT2D eigenvalue weighted by molar-refractivity contribution is -0.128. The van der Waals surface area contributed by atoms with Crippen molar-refractivity contribution in [1.82, 2.24) is 4.90 Å². The number of carbonyl (C=O) groups excluding carboxylic acids is 2. The van der Waals surface area contributed by atoms with Gasteiger partial charge in [0.25, 0.3) is 0 Å². The highest BCUT2D eigenvalue weighted by Crippen LogP contribution is 2.37. The van der Waals surface area contributed by atoms with E-state index in [0.29, 0.717) is 11.4 Å². The fraction of sp³-hybridized carbons (Fsp3) is 0.158. The van der Waals surface area contributed by atoms with Crippen molar-refractivity contribution in [3.05, 3.63) is 52.0 Å². The lowest BCUT2D eigenvalue weighted by Crippen LogP contribution is -2.43. The molecule has 1 unspecified atom stereocenters. The third-order valence-corrected chi connectivity index (χ3v) is 6.00. The number of phenolic OH excluding ortho intramolecular Hbond substituents is 1. The number of nitrogens with one attached hydrogen (secondary N) is 1. The van der Waals surface area contributed by atoms with Gasteiger partial charge in [0, 0.05) is 19.2 Å². The van der Waals surface area contributed by atoms with E-state index in [1.54, 1.807) is 0 Å². The number of amidine groups is 1. The van der Waals surface area contributed by atoms with Crippen LogP contribution in [-0.2, 0) is 9.59 Å². The van der Waals surface area contributed by atoms with Gasteiger partial charge in [0.05, 0.1) is 21.3 Å². The molecule has 156 valence electrons. The van der Waals surface area contributed by atoms with Gasteiger partial charge in [0.1, 0.15) is 5.25 Å². The lowest BCUT2D eigenvalue weighted by atomic mass is 10.2. The van der Waals surface area contributed by atoms with Gasteiger partial charge in [-0.2, -0.15) is 0 Å². The van der Waals surface area contributed by atoms with Crippen LogP contribution < -0.4 is 5.32 Å². The average Bonchev–Trinajstić information content (AvgIpc) is 2.69. The van der Waals surface area contributed by atoms with Crippen LogP contribution in [0.2, 0.25) is 10.0 Å².